The molecule has 0 bridgehead atoms. The van der Waals surface area contributed by atoms with E-state index in [1.165, 1.54) is 27.9 Å². The molecule has 33 heavy (non-hydrogen) atoms. The molecule has 1 unspecified atom stereocenters. The molecular weight excluding hydrogens is 434 g/mol. The lowest BCUT2D eigenvalue weighted by Crippen LogP contribution is -2.59. The number of halogens is 2. The van der Waals surface area contributed by atoms with E-state index in [0.717, 1.165) is 12.1 Å². The molecule has 0 saturated carbocycles. The second-order valence-electron chi connectivity index (χ2n) is 7.52. The van der Waals surface area contributed by atoms with Crippen LogP contribution in [0, 0.1) is 11.6 Å². The monoisotopic (exact) mass is 458 g/mol. The number of carbonyl (C=O) groups excluding carboxylic acids is 2. The Morgan fingerprint density at radius 3 is 2.58 bits per heavy atom. The van der Waals surface area contributed by atoms with Crippen LogP contribution in [-0.4, -0.2) is 51.9 Å². The summed E-state index contributed by atoms with van der Waals surface area (Å²) >= 11 is 0. The lowest BCUT2D eigenvalue weighted by atomic mass is 10.1. The van der Waals surface area contributed by atoms with Crippen LogP contribution in [0.5, 0.6) is 0 Å². The molecule has 0 aliphatic carbocycles. The number of nitrogens with one attached hydrogen (secondary N) is 1. The minimum Gasteiger partial charge on any atom is -0.394 e. The molecule has 174 valence electrons. The Bertz CT molecular complexity index is 1160. The van der Waals surface area contributed by atoms with Crippen molar-refractivity contribution in [2.24, 2.45) is 0 Å². The topological polar surface area (TPSA) is 94.9 Å². The highest BCUT2D eigenvalue weighted by molar-refractivity contribution is 5.97. The predicted molar refractivity (Wildman–Crippen MR) is 118 cm³/mol. The molecule has 1 aliphatic rings. The van der Waals surface area contributed by atoms with Gasteiger partial charge in [0.2, 0.25) is 0 Å². The van der Waals surface area contributed by atoms with E-state index >= 15 is 0 Å². The van der Waals surface area contributed by atoms with Crippen LogP contribution in [0.4, 0.5) is 8.78 Å². The highest BCUT2D eigenvalue weighted by Gasteiger charge is 2.34. The zero-order valence-electron chi connectivity index (χ0n) is 18.0. The number of hydrogen-bond donors (Lipinski definition) is 2. The van der Waals surface area contributed by atoms with Crippen molar-refractivity contribution in [3.05, 3.63) is 94.5 Å². The maximum Gasteiger partial charge on any atom is 0.274 e. The number of amides is 2. The normalized spacial score (nSPS) is 15.0. The first-order chi connectivity index (χ1) is 15.7. The van der Waals surface area contributed by atoms with Crippen molar-refractivity contribution in [2.45, 2.75) is 25.6 Å². The molecule has 2 N–H and O–H groups in total. The molecule has 0 saturated heterocycles. The Balaban J connectivity index is 1.96. The van der Waals surface area contributed by atoms with Crippen LogP contribution < -0.4 is 15.8 Å². The molecular formula is C23H24F2N4O4. The third-order valence-electron chi connectivity index (χ3n) is 5.46. The average Bonchev–Trinajstić information content (AvgIpc) is 2.79. The van der Waals surface area contributed by atoms with E-state index in [0.29, 0.717) is 6.07 Å². The maximum absolute atomic E-state index is 13.8. The van der Waals surface area contributed by atoms with Gasteiger partial charge in [-0.15, -0.1) is 13.2 Å². The number of benzene rings is 1. The summed E-state index contributed by atoms with van der Waals surface area (Å²) in [4.78, 5) is 39.8. The highest BCUT2D eigenvalue weighted by atomic mass is 19.1. The number of aliphatic hydroxyl groups is 1. The van der Waals surface area contributed by atoms with Crippen molar-refractivity contribution < 1.29 is 23.5 Å². The Labute approximate surface area is 189 Å². The molecule has 2 aromatic rings. The zero-order chi connectivity index (χ0) is 24.3. The Kier molecular flexibility index (Phi) is 7.07. The number of aromatic nitrogens is 1. The van der Waals surface area contributed by atoms with Gasteiger partial charge in [0, 0.05) is 30.4 Å². The number of rotatable bonds is 8. The van der Waals surface area contributed by atoms with Gasteiger partial charge in [-0.2, -0.15) is 0 Å². The van der Waals surface area contributed by atoms with Crippen LogP contribution in [0.15, 0.2) is 60.6 Å². The summed E-state index contributed by atoms with van der Waals surface area (Å²) in [5.74, 6) is -2.86. The van der Waals surface area contributed by atoms with Crippen LogP contribution >= 0.6 is 0 Å². The summed E-state index contributed by atoms with van der Waals surface area (Å²) < 4.78 is 28.3. The molecule has 1 aromatic carbocycles. The van der Waals surface area contributed by atoms with Crippen molar-refractivity contribution in [2.75, 3.05) is 18.3 Å². The van der Waals surface area contributed by atoms with E-state index in [4.69, 9.17) is 0 Å². The molecule has 0 fully saturated rings. The molecule has 0 spiro atoms. The molecule has 2 amide bonds. The second kappa shape index (κ2) is 9.78. The molecule has 10 heteroatoms. The number of aliphatic hydroxyl groups excluding tert-OH is 1. The summed E-state index contributed by atoms with van der Waals surface area (Å²) in [6.07, 6.45) is 4.29. The lowest BCUT2D eigenvalue weighted by Gasteiger charge is -2.43. The largest absolute Gasteiger partial charge is 0.394 e. The predicted octanol–water partition coefficient (Wildman–Crippen LogP) is 1.53. The average molecular weight is 458 g/mol. The fourth-order valence-corrected chi connectivity index (χ4v) is 3.44. The molecule has 0 radical (unpaired) electrons. The first kappa shape index (κ1) is 23.9. The lowest BCUT2D eigenvalue weighted by molar-refractivity contribution is 0.0572. The van der Waals surface area contributed by atoms with Gasteiger partial charge in [-0.1, -0.05) is 18.2 Å². The number of fused-ring (bicyclic) bond motifs is 1. The first-order valence-electron chi connectivity index (χ1n) is 10.1. The number of pyridine rings is 1. The van der Waals surface area contributed by atoms with Crippen molar-refractivity contribution in [1.29, 1.82) is 0 Å². The summed E-state index contributed by atoms with van der Waals surface area (Å²) in [6.45, 7) is 8.63. The van der Waals surface area contributed by atoms with Gasteiger partial charge in [0.1, 0.15) is 29.6 Å². The molecule has 2 heterocycles. The van der Waals surface area contributed by atoms with Crippen LogP contribution in [0.1, 0.15) is 33.3 Å². The minimum absolute atomic E-state index is 0.00128. The number of nitrogens with zero attached hydrogens (tertiary/aromatic N) is 3. The van der Waals surface area contributed by atoms with Crippen molar-refractivity contribution >= 4 is 11.8 Å². The van der Waals surface area contributed by atoms with Crippen LogP contribution in [0.2, 0.25) is 0 Å². The van der Waals surface area contributed by atoms with Gasteiger partial charge in [0.25, 0.3) is 11.8 Å². The Hall–Kier alpha value is -3.79. The van der Waals surface area contributed by atoms with Crippen molar-refractivity contribution in [3.8, 4) is 0 Å². The molecule has 3 rings (SSSR count). The van der Waals surface area contributed by atoms with Gasteiger partial charge in [0.15, 0.2) is 5.43 Å². The second-order valence-corrected chi connectivity index (χ2v) is 7.52. The van der Waals surface area contributed by atoms with Gasteiger partial charge in [-0.3, -0.25) is 24.1 Å². The van der Waals surface area contributed by atoms with E-state index in [1.54, 1.807) is 11.1 Å². The van der Waals surface area contributed by atoms with Gasteiger partial charge in [-0.05, 0) is 13.0 Å². The van der Waals surface area contributed by atoms with Crippen LogP contribution in [0.25, 0.3) is 0 Å². The van der Waals surface area contributed by atoms with E-state index in [9.17, 15) is 28.3 Å². The third-order valence-corrected chi connectivity index (χ3v) is 5.46. The minimum atomic E-state index is -0.824. The van der Waals surface area contributed by atoms with Crippen molar-refractivity contribution in [3.63, 3.8) is 0 Å². The summed E-state index contributed by atoms with van der Waals surface area (Å²) in [7, 11) is 0. The smallest absolute Gasteiger partial charge is 0.274 e. The Morgan fingerprint density at radius 1 is 1.24 bits per heavy atom. The van der Waals surface area contributed by atoms with Crippen molar-refractivity contribution in [1.82, 2.24) is 14.9 Å². The van der Waals surface area contributed by atoms with Crippen LogP contribution in [-0.2, 0) is 6.54 Å². The van der Waals surface area contributed by atoms with Gasteiger partial charge in [-0.25, -0.2) is 8.78 Å². The fraction of sp³-hybridized carbons (Fsp3) is 0.261. The van der Waals surface area contributed by atoms with E-state index in [-0.39, 0.29) is 42.7 Å². The fourth-order valence-electron chi connectivity index (χ4n) is 3.44. The Morgan fingerprint density at radius 2 is 1.97 bits per heavy atom. The van der Waals surface area contributed by atoms with Gasteiger partial charge >= 0.3 is 0 Å². The summed E-state index contributed by atoms with van der Waals surface area (Å²) in [6, 6.07) is 3.02. The molecule has 8 nitrogen and oxygen atoms in total. The standard InChI is InChI=1S/C23H24F2N4O4/c1-4-14(3)29-13-27(17(5-2)12-30)23(33)20-9-21(31)18(11-28(20)29)22(32)26-10-15-6-7-16(24)8-19(15)25/h4-9,11,14,17,30H,1-2,10,12-13H2,3H3,(H,26,32)/t14?,17-/m0/s1. The molecule has 2 atom stereocenters. The molecule has 1 aromatic heterocycles. The first-order valence-corrected chi connectivity index (χ1v) is 10.1. The van der Waals surface area contributed by atoms with E-state index in [1.807, 2.05) is 6.92 Å². The summed E-state index contributed by atoms with van der Waals surface area (Å²) in [5.41, 5.74) is -0.915. The van der Waals surface area contributed by atoms with E-state index in [2.05, 4.69) is 18.5 Å². The van der Waals surface area contributed by atoms with Gasteiger partial charge in [0.05, 0.1) is 18.7 Å². The zero-order valence-corrected chi connectivity index (χ0v) is 18.0. The number of carbonyl (C=O) groups is 2. The summed E-state index contributed by atoms with van der Waals surface area (Å²) in [5, 5.41) is 13.7. The maximum atomic E-state index is 13.8. The SMILES string of the molecule is C=CC(C)N1CN([C@@H](C=C)CO)C(=O)c2cc(=O)c(C(=O)NCc3ccc(F)cc3F)cn21. The molecule has 1 aliphatic heterocycles. The quantitative estimate of drug-likeness (QED) is 0.585. The van der Waals surface area contributed by atoms with Crippen LogP contribution in [0.3, 0.4) is 0 Å². The highest BCUT2D eigenvalue weighted by Crippen LogP contribution is 2.19. The third kappa shape index (κ3) is 4.70. The van der Waals surface area contributed by atoms with Gasteiger partial charge < -0.3 is 15.3 Å². The van der Waals surface area contributed by atoms with E-state index < -0.39 is 34.9 Å². The number of hydrogen-bond acceptors (Lipinski definition) is 5.